The lowest BCUT2D eigenvalue weighted by atomic mass is 9.97. The number of benzene rings is 2. The Morgan fingerprint density at radius 3 is 2.81 bits per heavy atom. The summed E-state index contributed by atoms with van der Waals surface area (Å²) in [7, 11) is 0. The Labute approximate surface area is 225 Å². The molecule has 2 unspecified atom stereocenters. The number of fused-ring (bicyclic) bond motifs is 1. The lowest BCUT2D eigenvalue weighted by Gasteiger charge is -2.16. The molecule has 0 aliphatic rings. The molecule has 37 heavy (non-hydrogen) atoms. The van der Waals surface area contributed by atoms with Crippen LogP contribution in [0.15, 0.2) is 42.5 Å². The number of nitrogens with one attached hydrogen (secondary N) is 1. The first kappa shape index (κ1) is 29.0. The van der Waals surface area contributed by atoms with Crippen LogP contribution in [0, 0.1) is 5.92 Å². The Bertz CT molecular complexity index is 1130. The van der Waals surface area contributed by atoms with Gasteiger partial charge in [0.2, 0.25) is 5.91 Å². The van der Waals surface area contributed by atoms with Crippen LogP contribution in [0.2, 0.25) is 5.02 Å². The Hall–Kier alpha value is -2.61. The smallest absolute Gasteiger partial charge is 0.241 e. The van der Waals surface area contributed by atoms with Gasteiger partial charge in [-0.1, -0.05) is 37.6 Å². The third-order valence-corrected chi connectivity index (χ3v) is 6.32. The zero-order valence-electron chi connectivity index (χ0n) is 22.5. The van der Waals surface area contributed by atoms with E-state index in [1.807, 2.05) is 37.3 Å². The molecule has 0 fully saturated rings. The van der Waals surface area contributed by atoms with Crippen LogP contribution in [0.25, 0.3) is 11.0 Å². The molecule has 201 valence electrons. The van der Waals surface area contributed by atoms with E-state index in [1.165, 1.54) is 0 Å². The largest absolute Gasteiger partial charge is 0.492 e. The predicted molar refractivity (Wildman–Crippen MR) is 149 cm³/mol. The van der Waals surface area contributed by atoms with Crippen molar-refractivity contribution in [3.8, 4) is 5.75 Å². The molecule has 3 rings (SSSR count). The lowest BCUT2D eigenvalue weighted by Crippen LogP contribution is -2.34. The molecule has 1 heterocycles. The molecule has 1 radical (unpaired) electrons. The third kappa shape index (κ3) is 9.33. The summed E-state index contributed by atoms with van der Waals surface area (Å²) in [5.41, 5.74) is 3.01. The number of carbonyl (C=O) groups is 1. The summed E-state index contributed by atoms with van der Waals surface area (Å²) >= 11 is 6.19. The van der Waals surface area contributed by atoms with Crippen molar-refractivity contribution < 1.29 is 14.3 Å². The highest BCUT2D eigenvalue weighted by Crippen LogP contribution is 2.22. The van der Waals surface area contributed by atoms with Crippen LogP contribution in [0.5, 0.6) is 5.75 Å². The highest BCUT2D eigenvalue weighted by atomic mass is 35.5. The van der Waals surface area contributed by atoms with Gasteiger partial charge in [-0.2, -0.15) is 0 Å². The monoisotopic (exact) mass is 527 g/mol. The van der Waals surface area contributed by atoms with Crippen molar-refractivity contribution in [1.82, 2.24) is 20.2 Å². The molecule has 1 N–H and O–H groups in total. The van der Waals surface area contributed by atoms with Gasteiger partial charge in [-0.05, 0) is 68.5 Å². The minimum absolute atomic E-state index is 0.0972. The van der Waals surface area contributed by atoms with E-state index >= 15 is 0 Å². The zero-order valence-corrected chi connectivity index (χ0v) is 23.3. The first-order valence-corrected chi connectivity index (χ1v) is 13.6. The van der Waals surface area contributed by atoms with Gasteiger partial charge in [0.15, 0.2) is 0 Å². The highest BCUT2D eigenvalue weighted by molar-refractivity contribution is 6.31. The van der Waals surface area contributed by atoms with E-state index in [0.717, 1.165) is 60.7 Å². The van der Waals surface area contributed by atoms with Gasteiger partial charge in [0.05, 0.1) is 17.6 Å². The number of halogens is 1. The average molecular weight is 528 g/mol. The lowest BCUT2D eigenvalue weighted by molar-refractivity contribution is -0.122. The van der Waals surface area contributed by atoms with Crippen molar-refractivity contribution in [3.63, 3.8) is 0 Å². The van der Waals surface area contributed by atoms with Gasteiger partial charge in [0.25, 0.3) is 0 Å². The SMILES string of the molecule is CCCn1c(C[N]C(=O)CC(C)Cc2cccc(OCC(C)NCCOCC)c2)nc2ccc(Cl)cc21. The summed E-state index contributed by atoms with van der Waals surface area (Å²) in [5.74, 6) is 1.71. The molecule has 0 saturated heterocycles. The minimum Gasteiger partial charge on any atom is -0.492 e. The second-order valence-corrected chi connectivity index (χ2v) is 9.98. The Balaban J connectivity index is 1.47. The van der Waals surface area contributed by atoms with Gasteiger partial charge in [-0.25, -0.2) is 10.3 Å². The number of rotatable bonds is 16. The van der Waals surface area contributed by atoms with E-state index in [1.54, 1.807) is 0 Å². The number of aromatic nitrogens is 2. The van der Waals surface area contributed by atoms with Crippen molar-refractivity contribution in [2.75, 3.05) is 26.4 Å². The van der Waals surface area contributed by atoms with E-state index in [4.69, 9.17) is 21.1 Å². The number of hydrogen-bond donors (Lipinski definition) is 1. The van der Waals surface area contributed by atoms with Crippen molar-refractivity contribution in [1.29, 1.82) is 0 Å². The number of aryl methyl sites for hydroxylation is 1. The van der Waals surface area contributed by atoms with Gasteiger partial charge in [-0.15, -0.1) is 0 Å². The van der Waals surface area contributed by atoms with Crippen LogP contribution in [0.3, 0.4) is 0 Å². The van der Waals surface area contributed by atoms with E-state index in [2.05, 4.69) is 53.1 Å². The fourth-order valence-corrected chi connectivity index (χ4v) is 4.47. The highest BCUT2D eigenvalue weighted by Gasteiger charge is 2.15. The van der Waals surface area contributed by atoms with Crippen molar-refractivity contribution in [2.24, 2.45) is 5.92 Å². The topological polar surface area (TPSA) is 79.5 Å². The number of hydrogen-bond acceptors (Lipinski definition) is 5. The second kappa shape index (κ2) is 15.0. The fraction of sp³-hybridized carbons (Fsp3) is 0.517. The van der Waals surface area contributed by atoms with Crippen LogP contribution in [0.4, 0.5) is 0 Å². The van der Waals surface area contributed by atoms with Crippen molar-refractivity contribution in [3.05, 3.63) is 58.9 Å². The summed E-state index contributed by atoms with van der Waals surface area (Å²) in [6, 6.07) is 14.0. The maximum atomic E-state index is 12.7. The van der Waals surface area contributed by atoms with Gasteiger partial charge >= 0.3 is 0 Å². The maximum absolute atomic E-state index is 12.7. The Morgan fingerprint density at radius 1 is 1.19 bits per heavy atom. The summed E-state index contributed by atoms with van der Waals surface area (Å²) < 4.78 is 13.4. The Kier molecular flexibility index (Phi) is 11.7. The molecule has 0 aliphatic heterocycles. The molecular formula is C29H40ClN4O3. The number of imidazole rings is 1. The molecule has 1 amide bonds. The quantitative estimate of drug-likeness (QED) is 0.252. The fourth-order valence-electron chi connectivity index (χ4n) is 4.30. The molecule has 7 nitrogen and oxygen atoms in total. The maximum Gasteiger partial charge on any atom is 0.241 e. The Morgan fingerprint density at radius 2 is 2.03 bits per heavy atom. The molecule has 0 bridgehead atoms. The number of carbonyl (C=O) groups excluding carboxylic acids is 1. The molecule has 2 aromatic carbocycles. The molecule has 0 spiro atoms. The van der Waals surface area contributed by atoms with E-state index in [0.29, 0.717) is 24.7 Å². The van der Waals surface area contributed by atoms with Gasteiger partial charge in [-0.3, -0.25) is 4.79 Å². The molecule has 2 atom stereocenters. The first-order chi connectivity index (χ1) is 17.9. The first-order valence-electron chi connectivity index (χ1n) is 13.3. The molecular weight excluding hydrogens is 488 g/mol. The predicted octanol–water partition coefficient (Wildman–Crippen LogP) is 5.39. The average Bonchev–Trinajstić information content (AvgIpc) is 3.21. The van der Waals surface area contributed by atoms with Crippen LogP contribution in [0.1, 0.15) is 51.9 Å². The van der Waals surface area contributed by atoms with Gasteiger partial charge in [0.1, 0.15) is 24.7 Å². The summed E-state index contributed by atoms with van der Waals surface area (Å²) in [6.07, 6.45) is 2.14. The van der Waals surface area contributed by atoms with Crippen LogP contribution < -0.4 is 15.4 Å². The minimum atomic E-state index is -0.0972. The van der Waals surface area contributed by atoms with E-state index in [9.17, 15) is 4.79 Å². The molecule has 0 aliphatic carbocycles. The summed E-state index contributed by atoms with van der Waals surface area (Å²) in [4.78, 5) is 17.4. The van der Waals surface area contributed by atoms with Crippen molar-refractivity contribution >= 4 is 28.5 Å². The van der Waals surface area contributed by atoms with Gasteiger partial charge in [0, 0.05) is 37.2 Å². The number of ether oxygens (including phenoxy) is 2. The van der Waals surface area contributed by atoms with Crippen LogP contribution >= 0.6 is 11.6 Å². The summed E-state index contributed by atoms with van der Waals surface area (Å²) in [5, 5.41) is 8.41. The molecule has 1 aromatic heterocycles. The number of amides is 1. The van der Waals surface area contributed by atoms with Crippen LogP contribution in [-0.4, -0.2) is 47.9 Å². The van der Waals surface area contributed by atoms with E-state index < -0.39 is 0 Å². The number of nitrogens with zero attached hydrogens (tertiary/aromatic N) is 3. The standard InChI is InChI=1S/C29H40ClN4O3/c1-5-13-34-27-18-24(30)10-11-26(27)33-28(34)19-32-29(35)16-21(3)15-23-8-7-9-25(17-23)37-20-22(4)31-12-14-36-6-2/h7-11,17-18,21-22,31H,5-6,12-16,19-20H2,1-4H3. The van der Waals surface area contributed by atoms with Crippen LogP contribution in [-0.2, 0) is 29.0 Å². The molecule has 8 heteroatoms. The normalized spacial score (nSPS) is 13.0. The third-order valence-electron chi connectivity index (χ3n) is 6.08. The van der Waals surface area contributed by atoms with Gasteiger partial charge < -0.3 is 19.4 Å². The van der Waals surface area contributed by atoms with E-state index in [-0.39, 0.29) is 24.4 Å². The molecule has 0 saturated carbocycles. The van der Waals surface area contributed by atoms with Crippen molar-refractivity contribution in [2.45, 2.75) is 66.1 Å². The summed E-state index contributed by atoms with van der Waals surface area (Å²) in [6.45, 7) is 12.2. The zero-order chi connectivity index (χ0) is 26.6. The second-order valence-electron chi connectivity index (χ2n) is 9.55. The molecule has 3 aromatic rings.